The maximum Gasteiger partial charge on any atom is 0.220 e. The van der Waals surface area contributed by atoms with Crippen LogP contribution in [0.3, 0.4) is 0 Å². The quantitative estimate of drug-likeness (QED) is 0.150. The van der Waals surface area contributed by atoms with Gasteiger partial charge in [-0.1, -0.05) is 122 Å². The van der Waals surface area contributed by atoms with Gasteiger partial charge in [-0.05, 0) is 31.0 Å². The van der Waals surface area contributed by atoms with E-state index in [1.807, 2.05) is 0 Å². The summed E-state index contributed by atoms with van der Waals surface area (Å²) in [6.07, 6.45) is 29.0. The Morgan fingerprint density at radius 1 is 0.750 bits per heavy atom. The van der Waals surface area contributed by atoms with Crippen LogP contribution in [0.15, 0.2) is 28.9 Å². The summed E-state index contributed by atoms with van der Waals surface area (Å²) in [7, 11) is 0. The Kier molecular flexibility index (Phi) is 16.9. The average molecular weight is 500 g/mol. The molecule has 0 bridgehead atoms. The van der Waals surface area contributed by atoms with Gasteiger partial charge in [0.15, 0.2) is 0 Å². The number of phenols is 1. The summed E-state index contributed by atoms with van der Waals surface area (Å²) in [5.74, 6) is 0.371. The molecular weight excluding hydrogens is 446 g/mol. The molecule has 1 aromatic heterocycles. The van der Waals surface area contributed by atoms with Crippen LogP contribution in [0.4, 0.5) is 0 Å². The van der Waals surface area contributed by atoms with Crippen molar-refractivity contribution in [2.75, 3.05) is 6.54 Å². The van der Waals surface area contributed by atoms with Crippen molar-refractivity contribution in [3.05, 3.63) is 30.0 Å². The number of hydrogen-bond acceptors (Lipinski definition) is 3. The van der Waals surface area contributed by atoms with Crippen molar-refractivity contribution in [2.45, 2.75) is 142 Å². The number of unbranched alkanes of at least 4 members (excludes halogenated alkanes) is 18. The predicted molar refractivity (Wildman–Crippen MR) is 153 cm³/mol. The molecule has 1 aromatic carbocycles. The van der Waals surface area contributed by atoms with E-state index in [9.17, 15) is 9.90 Å². The molecule has 0 radical (unpaired) electrons. The summed E-state index contributed by atoms with van der Waals surface area (Å²) in [6, 6.07) is 5.11. The Labute approximate surface area is 220 Å². The third-order valence-corrected chi connectivity index (χ3v) is 7.36. The molecule has 0 fully saturated rings. The van der Waals surface area contributed by atoms with Crippen LogP contribution < -0.4 is 5.32 Å². The third-order valence-electron chi connectivity index (χ3n) is 7.36. The first-order valence-electron chi connectivity index (χ1n) is 15.2. The second kappa shape index (κ2) is 20.1. The Hall–Kier alpha value is -1.97. The minimum atomic E-state index is 0.137. The molecule has 4 heteroatoms. The minimum absolute atomic E-state index is 0.137. The zero-order valence-corrected chi connectivity index (χ0v) is 23.1. The zero-order valence-electron chi connectivity index (χ0n) is 23.1. The van der Waals surface area contributed by atoms with Crippen LogP contribution in [0.5, 0.6) is 5.75 Å². The largest absolute Gasteiger partial charge is 0.508 e. The van der Waals surface area contributed by atoms with E-state index < -0.39 is 0 Å². The number of carbonyl (C=O) groups excluding carboxylic acids is 1. The molecule has 1 amide bonds. The number of fused-ring (bicyclic) bond motifs is 1. The third kappa shape index (κ3) is 13.9. The van der Waals surface area contributed by atoms with Crippen molar-refractivity contribution in [2.24, 2.45) is 0 Å². The SMILES string of the molecule is CCCCCCCCCCCCCCCCCCCCCC(=O)NCCc1coc2ccc(O)cc12. The van der Waals surface area contributed by atoms with Gasteiger partial charge >= 0.3 is 0 Å². The number of rotatable bonds is 23. The molecule has 0 aliphatic carbocycles. The van der Waals surface area contributed by atoms with Crippen LogP contribution in [0.25, 0.3) is 11.0 Å². The van der Waals surface area contributed by atoms with E-state index in [0.717, 1.165) is 29.4 Å². The first-order chi connectivity index (χ1) is 17.7. The van der Waals surface area contributed by atoms with Crippen LogP contribution in [0.2, 0.25) is 0 Å². The molecule has 2 rings (SSSR count). The Morgan fingerprint density at radius 2 is 1.25 bits per heavy atom. The van der Waals surface area contributed by atoms with E-state index >= 15 is 0 Å². The van der Waals surface area contributed by atoms with Gasteiger partial charge in [0, 0.05) is 23.9 Å². The first kappa shape index (κ1) is 30.3. The Morgan fingerprint density at radius 3 is 1.78 bits per heavy atom. The summed E-state index contributed by atoms with van der Waals surface area (Å²) < 4.78 is 5.51. The van der Waals surface area contributed by atoms with E-state index in [1.165, 1.54) is 109 Å². The molecule has 0 saturated carbocycles. The molecule has 1 heterocycles. The number of amides is 1. The number of benzene rings is 1. The molecule has 2 N–H and O–H groups in total. The highest BCUT2D eigenvalue weighted by molar-refractivity contribution is 5.82. The Bertz CT molecular complexity index is 813. The Balaban J connectivity index is 1.30. The monoisotopic (exact) mass is 499 g/mol. The molecule has 0 unspecified atom stereocenters. The molecule has 204 valence electrons. The van der Waals surface area contributed by atoms with E-state index in [4.69, 9.17) is 4.42 Å². The van der Waals surface area contributed by atoms with E-state index in [1.54, 1.807) is 24.5 Å². The van der Waals surface area contributed by atoms with Gasteiger partial charge in [0.1, 0.15) is 11.3 Å². The summed E-state index contributed by atoms with van der Waals surface area (Å²) in [4.78, 5) is 12.1. The van der Waals surface area contributed by atoms with Gasteiger partial charge < -0.3 is 14.8 Å². The minimum Gasteiger partial charge on any atom is -0.508 e. The van der Waals surface area contributed by atoms with Crippen LogP contribution in [0, 0.1) is 0 Å². The molecule has 4 nitrogen and oxygen atoms in total. The number of carbonyl (C=O) groups is 1. The van der Waals surface area contributed by atoms with E-state index in [-0.39, 0.29) is 11.7 Å². The van der Waals surface area contributed by atoms with Crippen molar-refractivity contribution in [3.8, 4) is 5.75 Å². The summed E-state index contributed by atoms with van der Waals surface area (Å²) >= 11 is 0. The van der Waals surface area contributed by atoms with Crippen molar-refractivity contribution < 1.29 is 14.3 Å². The smallest absolute Gasteiger partial charge is 0.220 e. The number of aromatic hydroxyl groups is 1. The van der Waals surface area contributed by atoms with Crippen LogP contribution >= 0.6 is 0 Å². The lowest BCUT2D eigenvalue weighted by Crippen LogP contribution is -2.25. The van der Waals surface area contributed by atoms with Gasteiger partial charge in [-0.15, -0.1) is 0 Å². The maximum atomic E-state index is 12.1. The average Bonchev–Trinajstić information content (AvgIpc) is 3.27. The highest BCUT2D eigenvalue weighted by Gasteiger charge is 2.07. The maximum absolute atomic E-state index is 12.1. The lowest BCUT2D eigenvalue weighted by atomic mass is 10.0. The molecule has 0 saturated heterocycles. The van der Waals surface area contributed by atoms with Gasteiger partial charge in [-0.25, -0.2) is 0 Å². The lowest BCUT2D eigenvalue weighted by molar-refractivity contribution is -0.121. The van der Waals surface area contributed by atoms with Gasteiger partial charge in [0.25, 0.3) is 0 Å². The van der Waals surface area contributed by atoms with Crippen molar-refractivity contribution in [1.82, 2.24) is 5.32 Å². The lowest BCUT2D eigenvalue weighted by Gasteiger charge is -2.05. The van der Waals surface area contributed by atoms with Crippen molar-refractivity contribution in [3.63, 3.8) is 0 Å². The van der Waals surface area contributed by atoms with Crippen molar-refractivity contribution >= 4 is 16.9 Å². The number of furan rings is 1. The number of hydrogen-bond donors (Lipinski definition) is 2. The van der Waals surface area contributed by atoms with Crippen LogP contribution in [-0.2, 0) is 11.2 Å². The van der Waals surface area contributed by atoms with Gasteiger partial charge in [0.05, 0.1) is 6.26 Å². The fraction of sp³-hybridized carbons (Fsp3) is 0.719. The molecule has 2 aromatic rings. The molecule has 0 aliphatic rings. The normalized spacial score (nSPS) is 11.4. The van der Waals surface area contributed by atoms with Gasteiger partial charge in [0.2, 0.25) is 5.91 Å². The highest BCUT2D eigenvalue weighted by Crippen LogP contribution is 2.25. The predicted octanol–water partition coefficient (Wildman–Crippen LogP) is 9.62. The summed E-state index contributed by atoms with van der Waals surface area (Å²) in [5, 5.41) is 13.6. The topological polar surface area (TPSA) is 62.5 Å². The second-order valence-corrected chi connectivity index (χ2v) is 10.7. The molecule has 36 heavy (non-hydrogen) atoms. The molecular formula is C32H53NO3. The standard InChI is InChI=1S/C32H53NO3/c1-2-3-4-5-6-7-8-9-10-11-12-13-14-15-16-17-18-19-20-21-32(35)33-25-24-28-27-36-31-23-22-29(34)26-30(28)31/h22-23,26-27,34H,2-21,24-25H2,1H3,(H,33,35). The molecule has 0 aliphatic heterocycles. The zero-order chi connectivity index (χ0) is 25.7. The fourth-order valence-corrected chi connectivity index (χ4v) is 5.05. The van der Waals surface area contributed by atoms with Gasteiger partial charge in [-0.3, -0.25) is 4.79 Å². The van der Waals surface area contributed by atoms with Crippen LogP contribution in [0.1, 0.15) is 141 Å². The van der Waals surface area contributed by atoms with Crippen LogP contribution in [-0.4, -0.2) is 17.6 Å². The highest BCUT2D eigenvalue weighted by atomic mass is 16.3. The first-order valence-corrected chi connectivity index (χ1v) is 15.2. The fourth-order valence-electron chi connectivity index (χ4n) is 5.05. The summed E-state index contributed by atoms with van der Waals surface area (Å²) in [6.45, 7) is 2.89. The summed E-state index contributed by atoms with van der Waals surface area (Å²) in [5.41, 5.74) is 1.79. The number of nitrogens with one attached hydrogen (secondary N) is 1. The van der Waals surface area contributed by atoms with E-state index in [2.05, 4.69) is 12.2 Å². The molecule has 0 spiro atoms. The second-order valence-electron chi connectivity index (χ2n) is 10.7. The van der Waals surface area contributed by atoms with E-state index in [0.29, 0.717) is 19.4 Å². The molecule has 0 atom stereocenters. The number of phenolic OH excluding ortho intramolecular Hbond substituents is 1. The van der Waals surface area contributed by atoms with Crippen molar-refractivity contribution in [1.29, 1.82) is 0 Å². The van der Waals surface area contributed by atoms with Gasteiger partial charge in [-0.2, -0.15) is 0 Å².